The Bertz CT molecular complexity index is 1390. The van der Waals surface area contributed by atoms with Gasteiger partial charge in [0, 0.05) is 11.7 Å². The third-order valence-corrected chi connectivity index (χ3v) is 6.01. The fourth-order valence-electron chi connectivity index (χ4n) is 4.01. The molecule has 0 aromatic heterocycles. The average molecular weight is 516 g/mol. The van der Waals surface area contributed by atoms with Crippen molar-refractivity contribution in [2.75, 3.05) is 11.9 Å². The van der Waals surface area contributed by atoms with Crippen molar-refractivity contribution in [3.05, 3.63) is 77.4 Å². The van der Waals surface area contributed by atoms with E-state index >= 15 is 0 Å². The van der Waals surface area contributed by atoms with E-state index in [1.807, 2.05) is 56.3 Å². The van der Waals surface area contributed by atoms with Gasteiger partial charge in [-0.25, -0.2) is 4.79 Å². The van der Waals surface area contributed by atoms with E-state index in [0.29, 0.717) is 11.3 Å². The Morgan fingerprint density at radius 1 is 1.03 bits per heavy atom. The summed E-state index contributed by atoms with van der Waals surface area (Å²) in [7, 11) is 0. The zero-order chi connectivity index (χ0) is 28.0. The van der Waals surface area contributed by atoms with Crippen molar-refractivity contribution in [2.24, 2.45) is 0 Å². The maximum atomic E-state index is 13.8. The number of aliphatic hydroxyl groups is 1. The van der Waals surface area contributed by atoms with Crippen LogP contribution in [0.1, 0.15) is 43.5 Å². The Hall–Kier alpha value is -4.35. The van der Waals surface area contributed by atoms with Crippen LogP contribution in [-0.4, -0.2) is 46.2 Å². The predicted molar refractivity (Wildman–Crippen MR) is 147 cm³/mol. The number of aryl methyl sites for hydroxylation is 1. The second-order valence-corrected chi connectivity index (χ2v) is 9.96. The first-order chi connectivity index (χ1) is 17.9. The van der Waals surface area contributed by atoms with Gasteiger partial charge in [-0.15, -0.1) is 0 Å². The fourth-order valence-corrected chi connectivity index (χ4v) is 4.01. The molecule has 3 N–H and O–H groups in total. The number of nitrogens with one attached hydrogen (secondary N) is 2. The van der Waals surface area contributed by atoms with Crippen LogP contribution in [0, 0.1) is 26.3 Å². The highest BCUT2D eigenvalue weighted by molar-refractivity contribution is 6.01. The molecule has 2 unspecified atom stereocenters. The minimum absolute atomic E-state index is 0.517. The molecule has 0 saturated carbocycles. The van der Waals surface area contributed by atoms with Gasteiger partial charge < -0.3 is 20.5 Å². The minimum Gasteiger partial charge on any atom is -0.444 e. The van der Waals surface area contributed by atoms with Crippen molar-refractivity contribution < 1.29 is 24.2 Å². The molecule has 0 spiro atoms. The molecule has 0 radical (unpaired) electrons. The second kappa shape index (κ2) is 11.8. The lowest BCUT2D eigenvalue weighted by molar-refractivity contribution is -0.137. The zero-order valence-corrected chi connectivity index (χ0v) is 22.2. The van der Waals surface area contributed by atoms with Gasteiger partial charge >= 0.3 is 6.09 Å². The van der Waals surface area contributed by atoms with Crippen LogP contribution in [0.4, 0.5) is 10.5 Å². The minimum atomic E-state index is -1.43. The van der Waals surface area contributed by atoms with Crippen LogP contribution in [0.5, 0.6) is 0 Å². The largest absolute Gasteiger partial charge is 0.444 e. The first-order valence-electron chi connectivity index (χ1n) is 12.2. The number of terminal acetylenes is 1. The summed E-state index contributed by atoms with van der Waals surface area (Å²) in [6.07, 6.45) is 4.88. The zero-order valence-electron chi connectivity index (χ0n) is 22.2. The molecule has 8 heteroatoms. The number of fused-ring (bicyclic) bond motifs is 1. The summed E-state index contributed by atoms with van der Waals surface area (Å²) >= 11 is 0. The van der Waals surface area contributed by atoms with E-state index in [1.165, 1.54) is 0 Å². The van der Waals surface area contributed by atoms with E-state index in [2.05, 4.69) is 16.7 Å². The fraction of sp³-hybridized carbons (Fsp3) is 0.300. The van der Waals surface area contributed by atoms with Crippen LogP contribution < -0.4 is 10.6 Å². The molecule has 8 nitrogen and oxygen atoms in total. The standard InChI is InChI=1S/C30H33N3O5/c1-7-33(28(36)25(18-34)32-29(37)38-30(4,5)6)26(24-14-10-11-19(2)20(24)3)27(35)31-23-16-15-21-12-8-9-13-22(21)17-23/h1,8-17,25-26,34H,18H2,2-6H3,(H,31,35)(H,32,37). The number of rotatable bonds is 7. The van der Waals surface area contributed by atoms with Gasteiger partial charge in [-0.1, -0.05) is 55.0 Å². The highest BCUT2D eigenvalue weighted by Gasteiger charge is 2.36. The quantitative estimate of drug-likeness (QED) is 0.319. The number of alkyl carbamates (subject to hydrolysis) is 1. The van der Waals surface area contributed by atoms with Crippen molar-refractivity contribution in [2.45, 2.75) is 52.3 Å². The summed E-state index contributed by atoms with van der Waals surface area (Å²) in [5.74, 6) is -1.38. The molecule has 0 fully saturated rings. The number of amides is 3. The van der Waals surface area contributed by atoms with Gasteiger partial charge in [0.25, 0.3) is 11.8 Å². The second-order valence-electron chi connectivity index (χ2n) is 9.96. The lowest BCUT2D eigenvalue weighted by Crippen LogP contribution is -2.52. The summed E-state index contributed by atoms with van der Waals surface area (Å²) < 4.78 is 5.21. The summed E-state index contributed by atoms with van der Waals surface area (Å²) in [6, 6.07) is 18.2. The molecule has 198 valence electrons. The molecule has 3 aromatic rings. The number of anilines is 1. The topological polar surface area (TPSA) is 108 Å². The first kappa shape index (κ1) is 28.2. The Balaban J connectivity index is 1.98. The van der Waals surface area contributed by atoms with E-state index in [4.69, 9.17) is 11.2 Å². The molecule has 3 rings (SSSR count). The van der Waals surface area contributed by atoms with Gasteiger partial charge in [0.05, 0.1) is 6.61 Å². The van der Waals surface area contributed by atoms with Gasteiger partial charge in [-0.3, -0.25) is 14.5 Å². The van der Waals surface area contributed by atoms with Gasteiger partial charge in [-0.2, -0.15) is 0 Å². The van der Waals surface area contributed by atoms with Crippen molar-refractivity contribution in [3.63, 3.8) is 0 Å². The molecule has 0 saturated heterocycles. The van der Waals surface area contributed by atoms with E-state index < -0.39 is 42.2 Å². The number of aliphatic hydroxyl groups excluding tert-OH is 1. The van der Waals surface area contributed by atoms with Crippen molar-refractivity contribution in [1.82, 2.24) is 10.2 Å². The van der Waals surface area contributed by atoms with Gasteiger partial charge in [-0.05, 0) is 74.2 Å². The Labute approximate surface area is 223 Å². The van der Waals surface area contributed by atoms with Crippen LogP contribution in [0.2, 0.25) is 0 Å². The van der Waals surface area contributed by atoms with E-state index in [-0.39, 0.29) is 0 Å². The molecule has 0 bridgehead atoms. The summed E-state index contributed by atoms with van der Waals surface area (Å²) in [5, 5.41) is 17.1. The molecule has 38 heavy (non-hydrogen) atoms. The number of hydrogen-bond acceptors (Lipinski definition) is 5. The van der Waals surface area contributed by atoms with Gasteiger partial charge in [0.1, 0.15) is 17.7 Å². The molecule has 0 heterocycles. The molecule has 3 aromatic carbocycles. The SMILES string of the molecule is C#CN(C(=O)C(CO)NC(=O)OC(C)(C)C)C(C(=O)Nc1ccc2ccccc2c1)c1cccc(C)c1C. The molecule has 2 atom stereocenters. The maximum Gasteiger partial charge on any atom is 0.408 e. The molecule has 0 aliphatic heterocycles. The Kier molecular flexibility index (Phi) is 8.76. The lowest BCUT2D eigenvalue weighted by Gasteiger charge is -2.30. The number of carbonyl (C=O) groups excluding carboxylic acids is 3. The predicted octanol–water partition coefficient (Wildman–Crippen LogP) is 4.44. The highest BCUT2D eigenvalue weighted by atomic mass is 16.6. The van der Waals surface area contributed by atoms with E-state index in [9.17, 15) is 19.5 Å². The number of nitrogens with zero attached hydrogens (tertiary/aromatic N) is 1. The molecular weight excluding hydrogens is 482 g/mol. The van der Waals surface area contributed by atoms with Crippen LogP contribution in [0.15, 0.2) is 60.7 Å². The van der Waals surface area contributed by atoms with E-state index in [1.54, 1.807) is 39.0 Å². The van der Waals surface area contributed by atoms with Crippen LogP contribution in [0.3, 0.4) is 0 Å². The third kappa shape index (κ3) is 6.69. The third-order valence-electron chi connectivity index (χ3n) is 6.01. The first-order valence-corrected chi connectivity index (χ1v) is 12.2. The summed E-state index contributed by atoms with van der Waals surface area (Å²) in [6.45, 7) is 7.99. The van der Waals surface area contributed by atoms with Gasteiger partial charge in [0.2, 0.25) is 0 Å². The van der Waals surface area contributed by atoms with Crippen LogP contribution in [0.25, 0.3) is 10.8 Å². The molecular formula is C30H33N3O5. The normalized spacial score (nSPS) is 12.7. The monoisotopic (exact) mass is 515 g/mol. The Morgan fingerprint density at radius 3 is 2.34 bits per heavy atom. The van der Waals surface area contributed by atoms with Crippen LogP contribution in [-0.2, 0) is 14.3 Å². The Morgan fingerprint density at radius 2 is 1.71 bits per heavy atom. The molecule has 0 aliphatic carbocycles. The highest BCUT2D eigenvalue weighted by Crippen LogP contribution is 2.29. The molecule has 3 amide bonds. The number of carbonyl (C=O) groups is 3. The summed E-state index contributed by atoms with van der Waals surface area (Å²) in [4.78, 5) is 40.5. The van der Waals surface area contributed by atoms with Crippen molar-refractivity contribution in [3.8, 4) is 12.5 Å². The maximum absolute atomic E-state index is 13.8. The lowest BCUT2D eigenvalue weighted by atomic mass is 9.95. The number of ether oxygens (including phenoxy) is 1. The van der Waals surface area contributed by atoms with E-state index in [0.717, 1.165) is 26.8 Å². The summed E-state index contributed by atoms with van der Waals surface area (Å²) in [5.41, 5.74) is 1.91. The van der Waals surface area contributed by atoms with Gasteiger partial charge in [0.15, 0.2) is 0 Å². The number of benzene rings is 3. The van der Waals surface area contributed by atoms with Crippen LogP contribution >= 0.6 is 0 Å². The molecule has 0 aliphatic rings. The number of hydrogen-bond donors (Lipinski definition) is 3. The smallest absolute Gasteiger partial charge is 0.408 e. The average Bonchev–Trinajstić information content (AvgIpc) is 2.86. The van der Waals surface area contributed by atoms with Crippen molar-refractivity contribution >= 4 is 34.4 Å². The van der Waals surface area contributed by atoms with Crippen molar-refractivity contribution in [1.29, 1.82) is 0 Å².